The van der Waals surface area contributed by atoms with Crippen LogP contribution in [-0.4, -0.2) is 21.6 Å². The van der Waals surface area contributed by atoms with Gasteiger partial charge in [0.1, 0.15) is 5.69 Å². The molecule has 24 heavy (non-hydrogen) atoms. The fourth-order valence-corrected chi connectivity index (χ4v) is 3.54. The summed E-state index contributed by atoms with van der Waals surface area (Å²) in [5.41, 5.74) is 6.44. The Balaban J connectivity index is 1.72. The number of benzene rings is 1. The lowest BCUT2D eigenvalue weighted by atomic mass is 9.99. The standard InChI is InChI=1S/C19H17N3O2/c1-12-4-2-5-14(20-12)19-18(15-6-3-9-22(15)21-19)13-7-8-16-17(10-13)24-11-23-16/h2,4-5,7-8,10H,3,6,9,11H2,1H3. The van der Waals surface area contributed by atoms with Gasteiger partial charge in [-0.3, -0.25) is 9.67 Å². The van der Waals surface area contributed by atoms with Crippen LogP contribution in [0.25, 0.3) is 22.5 Å². The predicted octanol–water partition coefficient (Wildman–Crippen LogP) is 3.60. The van der Waals surface area contributed by atoms with Gasteiger partial charge in [0.2, 0.25) is 6.79 Å². The second kappa shape index (κ2) is 5.09. The van der Waals surface area contributed by atoms with Crippen molar-refractivity contribution in [3.63, 3.8) is 0 Å². The molecule has 1 aromatic carbocycles. The first-order valence-corrected chi connectivity index (χ1v) is 8.23. The molecule has 0 bridgehead atoms. The van der Waals surface area contributed by atoms with Crippen molar-refractivity contribution in [2.45, 2.75) is 26.3 Å². The first-order chi connectivity index (χ1) is 11.8. The van der Waals surface area contributed by atoms with Gasteiger partial charge in [0.05, 0.1) is 5.69 Å². The van der Waals surface area contributed by atoms with E-state index < -0.39 is 0 Å². The van der Waals surface area contributed by atoms with E-state index in [0.717, 1.165) is 53.5 Å². The molecule has 0 spiro atoms. The van der Waals surface area contributed by atoms with E-state index in [0.29, 0.717) is 0 Å². The summed E-state index contributed by atoms with van der Waals surface area (Å²) >= 11 is 0. The van der Waals surface area contributed by atoms with Crippen LogP contribution in [0.5, 0.6) is 11.5 Å². The Kier molecular flexibility index (Phi) is 2.89. The van der Waals surface area contributed by atoms with Crippen molar-refractivity contribution in [3.8, 4) is 34.0 Å². The van der Waals surface area contributed by atoms with Gasteiger partial charge in [0, 0.05) is 23.5 Å². The number of nitrogens with zero attached hydrogens (tertiary/aromatic N) is 3. The van der Waals surface area contributed by atoms with Crippen molar-refractivity contribution < 1.29 is 9.47 Å². The summed E-state index contributed by atoms with van der Waals surface area (Å²) in [5.74, 6) is 1.60. The van der Waals surface area contributed by atoms with Crippen molar-refractivity contribution in [2.75, 3.05) is 6.79 Å². The fourth-order valence-electron chi connectivity index (χ4n) is 3.54. The molecule has 4 heterocycles. The zero-order valence-corrected chi connectivity index (χ0v) is 13.5. The minimum atomic E-state index is 0.289. The van der Waals surface area contributed by atoms with E-state index in [2.05, 4.69) is 21.8 Å². The maximum absolute atomic E-state index is 5.56. The molecular formula is C19H17N3O2. The fraction of sp³-hybridized carbons (Fsp3) is 0.263. The van der Waals surface area contributed by atoms with Crippen LogP contribution in [0.4, 0.5) is 0 Å². The van der Waals surface area contributed by atoms with Crippen molar-refractivity contribution in [3.05, 3.63) is 47.8 Å². The molecule has 0 N–H and O–H groups in total. The van der Waals surface area contributed by atoms with Crippen molar-refractivity contribution in [1.29, 1.82) is 0 Å². The molecule has 2 aromatic heterocycles. The molecule has 5 heteroatoms. The van der Waals surface area contributed by atoms with Crippen LogP contribution in [0.3, 0.4) is 0 Å². The van der Waals surface area contributed by atoms with Gasteiger partial charge in [-0.05, 0) is 49.6 Å². The summed E-state index contributed by atoms with van der Waals surface area (Å²) in [6, 6.07) is 12.2. The molecule has 5 nitrogen and oxygen atoms in total. The molecule has 0 saturated heterocycles. The smallest absolute Gasteiger partial charge is 0.231 e. The molecule has 5 rings (SSSR count). The lowest BCUT2D eigenvalue weighted by Crippen LogP contribution is -1.95. The quantitative estimate of drug-likeness (QED) is 0.724. The monoisotopic (exact) mass is 319 g/mol. The number of aromatic nitrogens is 3. The summed E-state index contributed by atoms with van der Waals surface area (Å²) in [7, 11) is 0. The molecule has 120 valence electrons. The average Bonchev–Trinajstić information content (AvgIpc) is 3.29. The molecular weight excluding hydrogens is 302 g/mol. The van der Waals surface area contributed by atoms with Gasteiger partial charge in [0.15, 0.2) is 11.5 Å². The summed E-state index contributed by atoms with van der Waals surface area (Å²) in [5, 5.41) is 4.85. The number of pyridine rings is 1. The summed E-state index contributed by atoms with van der Waals surface area (Å²) in [4.78, 5) is 4.68. The number of ether oxygens (including phenoxy) is 2. The second-order valence-corrected chi connectivity index (χ2v) is 6.23. The van der Waals surface area contributed by atoms with E-state index in [1.165, 1.54) is 11.3 Å². The number of rotatable bonds is 2. The lowest BCUT2D eigenvalue weighted by Gasteiger charge is -2.07. The van der Waals surface area contributed by atoms with Crippen LogP contribution < -0.4 is 9.47 Å². The SMILES string of the molecule is Cc1cccc(-c2nn3c(c2-c2ccc4c(c2)OCO4)CCC3)n1. The van der Waals surface area contributed by atoms with Gasteiger partial charge in [0.25, 0.3) is 0 Å². The first kappa shape index (κ1) is 13.6. The van der Waals surface area contributed by atoms with E-state index in [1.807, 2.05) is 31.2 Å². The minimum absolute atomic E-state index is 0.289. The van der Waals surface area contributed by atoms with Gasteiger partial charge >= 0.3 is 0 Å². The number of hydrogen-bond donors (Lipinski definition) is 0. The van der Waals surface area contributed by atoms with Crippen LogP contribution in [0.2, 0.25) is 0 Å². The first-order valence-electron chi connectivity index (χ1n) is 8.23. The summed E-state index contributed by atoms with van der Waals surface area (Å²) < 4.78 is 13.1. The Hall–Kier alpha value is -2.82. The van der Waals surface area contributed by atoms with E-state index in [4.69, 9.17) is 14.6 Å². The van der Waals surface area contributed by atoms with E-state index >= 15 is 0 Å². The second-order valence-electron chi connectivity index (χ2n) is 6.23. The topological polar surface area (TPSA) is 49.2 Å². The highest BCUT2D eigenvalue weighted by atomic mass is 16.7. The third kappa shape index (κ3) is 2.01. The highest BCUT2D eigenvalue weighted by Gasteiger charge is 2.25. The highest BCUT2D eigenvalue weighted by molar-refractivity contribution is 5.83. The van der Waals surface area contributed by atoms with Crippen molar-refractivity contribution >= 4 is 0 Å². The Morgan fingerprint density at radius 1 is 1.08 bits per heavy atom. The van der Waals surface area contributed by atoms with Gasteiger partial charge in [-0.2, -0.15) is 5.10 Å². The average molecular weight is 319 g/mol. The molecule has 0 saturated carbocycles. The molecule has 3 aromatic rings. The third-order valence-corrected chi connectivity index (χ3v) is 4.63. The van der Waals surface area contributed by atoms with Crippen LogP contribution >= 0.6 is 0 Å². The maximum atomic E-state index is 5.56. The van der Waals surface area contributed by atoms with Crippen LogP contribution in [0.15, 0.2) is 36.4 Å². The normalized spacial score (nSPS) is 14.9. The Labute approximate surface area is 139 Å². The van der Waals surface area contributed by atoms with E-state index in [9.17, 15) is 0 Å². The van der Waals surface area contributed by atoms with Gasteiger partial charge in [-0.25, -0.2) is 0 Å². The van der Waals surface area contributed by atoms with Gasteiger partial charge in [-0.1, -0.05) is 12.1 Å². The molecule has 0 fully saturated rings. The molecule has 0 atom stereocenters. The van der Waals surface area contributed by atoms with Crippen molar-refractivity contribution in [1.82, 2.24) is 14.8 Å². The Morgan fingerprint density at radius 3 is 2.92 bits per heavy atom. The molecule has 0 amide bonds. The number of fused-ring (bicyclic) bond motifs is 2. The Bertz CT molecular complexity index is 946. The zero-order chi connectivity index (χ0) is 16.1. The highest BCUT2D eigenvalue weighted by Crippen LogP contribution is 2.41. The molecule has 2 aliphatic heterocycles. The lowest BCUT2D eigenvalue weighted by molar-refractivity contribution is 0.174. The van der Waals surface area contributed by atoms with E-state index in [1.54, 1.807) is 0 Å². The predicted molar refractivity (Wildman–Crippen MR) is 90.1 cm³/mol. The van der Waals surface area contributed by atoms with Crippen LogP contribution in [-0.2, 0) is 13.0 Å². The largest absolute Gasteiger partial charge is 0.454 e. The molecule has 0 aliphatic carbocycles. The van der Waals surface area contributed by atoms with Gasteiger partial charge in [-0.15, -0.1) is 0 Å². The summed E-state index contributed by atoms with van der Waals surface area (Å²) in [6.45, 7) is 3.27. The number of aryl methyl sites for hydroxylation is 2. The van der Waals surface area contributed by atoms with Gasteiger partial charge < -0.3 is 9.47 Å². The Morgan fingerprint density at radius 2 is 2.00 bits per heavy atom. The molecule has 0 radical (unpaired) electrons. The van der Waals surface area contributed by atoms with E-state index in [-0.39, 0.29) is 6.79 Å². The number of hydrogen-bond acceptors (Lipinski definition) is 4. The van der Waals surface area contributed by atoms with Crippen LogP contribution in [0, 0.1) is 6.92 Å². The third-order valence-electron chi connectivity index (χ3n) is 4.63. The molecule has 2 aliphatic rings. The molecule has 0 unspecified atom stereocenters. The summed E-state index contributed by atoms with van der Waals surface area (Å²) in [6.07, 6.45) is 2.18. The zero-order valence-electron chi connectivity index (χ0n) is 13.5. The minimum Gasteiger partial charge on any atom is -0.454 e. The van der Waals surface area contributed by atoms with Crippen molar-refractivity contribution in [2.24, 2.45) is 0 Å². The maximum Gasteiger partial charge on any atom is 0.231 e. The van der Waals surface area contributed by atoms with Crippen LogP contribution in [0.1, 0.15) is 17.8 Å².